The first-order chi connectivity index (χ1) is 7.84. The molecule has 16 heavy (non-hydrogen) atoms. The van der Waals surface area contributed by atoms with E-state index >= 15 is 0 Å². The van der Waals surface area contributed by atoms with Crippen molar-refractivity contribution in [3.63, 3.8) is 0 Å². The van der Waals surface area contributed by atoms with Crippen molar-refractivity contribution in [2.75, 3.05) is 11.5 Å². The van der Waals surface area contributed by atoms with Gasteiger partial charge in [-0.15, -0.1) is 5.10 Å². The molecule has 3 N–H and O–H groups in total. The molecule has 0 saturated heterocycles. The fraction of sp³-hybridized carbons (Fsp3) is 0.0909. The molecule has 0 saturated carbocycles. The Labute approximate surface area is 98.0 Å². The van der Waals surface area contributed by atoms with E-state index < -0.39 is 0 Å². The second-order valence-corrected chi connectivity index (χ2v) is 4.11. The Morgan fingerprint density at radius 1 is 1.31 bits per heavy atom. The summed E-state index contributed by atoms with van der Waals surface area (Å²) in [5.41, 5.74) is 6.61. The van der Waals surface area contributed by atoms with E-state index in [-0.39, 0.29) is 0 Å². The third-order valence-electron chi connectivity index (χ3n) is 1.90. The lowest BCUT2D eigenvalue weighted by atomic mass is 10.2. The van der Waals surface area contributed by atoms with Crippen molar-refractivity contribution in [1.82, 2.24) is 15.2 Å². The van der Waals surface area contributed by atoms with Crippen molar-refractivity contribution < 1.29 is 0 Å². The minimum Gasteiger partial charge on any atom is -0.368 e. The Hall–Kier alpha value is -1.75. The first-order valence-corrected chi connectivity index (χ1v) is 5.85. The molecular weight excluding hydrogens is 220 g/mol. The van der Waals surface area contributed by atoms with Gasteiger partial charge in [0.15, 0.2) is 0 Å². The number of nitrogens with one attached hydrogen (secondary N) is 1. The SMILES string of the molecule is Nc1nc(SCC=Cc2ccccc2)n[nH]1. The van der Waals surface area contributed by atoms with Crippen molar-refractivity contribution in [2.24, 2.45) is 0 Å². The van der Waals surface area contributed by atoms with Gasteiger partial charge in [0.2, 0.25) is 11.1 Å². The first-order valence-electron chi connectivity index (χ1n) is 4.87. The van der Waals surface area contributed by atoms with E-state index in [1.165, 1.54) is 5.56 Å². The Kier molecular flexibility index (Phi) is 3.61. The van der Waals surface area contributed by atoms with Gasteiger partial charge in [0, 0.05) is 5.75 Å². The number of aromatic nitrogens is 3. The number of nitrogens with two attached hydrogens (primary N) is 1. The summed E-state index contributed by atoms with van der Waals surface area (Å²) in [6.07, 6.45) is 4.15. The topological polar surface area (TPSA) is 67.6 Å². The Balaban J connectivity index is 1.82. The van der Waals surface area contributed by atoms with Crippen molar-refractivity contribution in [3.05, 3.63) is 42.0 Å². The van der Waals surface area contributed by atoms with Crippen molar-refractivity contribution in [1.29, 1.82) is 0 Å². The van der Waals surface area contributed by atoms with Crippen LogP contribution in [0.15, 0.2) is 41.6 Å². The lowest BCUT2D eigenvalue weighted by Crippen LogP contribution is -1.85. The second-order valence-electron chi connectivity index (χ2n) is 3.13. The molecule has 1 heterocycles. The van der Waals surface area contributed by atoms with Crippen LogP contribution in [0.2, 0.25) is 0 Å². The largest absolute Gasteiger partial charge is 0.368 e. The molecule has 2 rings (SSSR count). The normalized spacial score (nSPS) is 11.0. The van der Waals surface area contributed by atoms with E-state index in [4.69, 9.17) is 5.73 Å². The van der Waals surface area contributed by atoms with Gasteiger partial charge < -0.3 is 5.73 Å². The summed E-state index contributed by atoms with van der Waals surface area (Å²) >= 11 is 1.54. The van der Waals surface area contributed by atoms with Crippen LogP contribution in [-0.2, 0) is 0 Å². The van der Waals surface area contributed by atoms with E-state index in [2.05, 4.69) is 39.5 Å². The number of thioether (sulfide) groups is 1. The Morgan fingerprint density at radius 2 is 2.12 bits per heavy atom. The Morgan fingerprint density at radius 3 is 2.81 bits per heavy atom. The number of nitrogen functional groups attached to an aromatic ring is 1. The molecule has 0 radical (unpaired) electrons. The quantitative estimate of drug-likeness (QED) is 0.793. The minimum atomic E-state index is 0.356. The summed E-state index contributed by atoms with van der Waals surface area (Å²) in [6.45, 7) is 0. The summed E-state index contributed by atoms with van der Waals surface area (Å²) in [4.78, 5) is 4.00. The maximum Gasteiger partial charge on any atom is 0.216 e. The van der Waals surface area contributed by atoms with Crippen LogP contribution in [0.1, 0.15) is 5.56 Å². The number of nitrogens with zero attached hydrogens (tertiary/aromatic N) is 2. The number of hydrogen-bond donors (Lipinski definition) is 2. The standard InChI is InChI=1S/C11H12N4S/c12-10-13-11(15-14-10)16-8-4-7-9-5-2-1-3-6-9/h1-7H,8H2,(H3,12,13,14,15). The molecule has 0 atom stereocenters. The summed E-state index contributed by atoms with van der Waals surface area (Å²) in [5.74, 6) is 1.18. The second kappa shape index (κ2) is 5.37. The van der Waals surface area contributed by atoms with Crippen molar-refractivity contribution >= 4 is 23.8 Å². The van der Waals surface area contributed by atoms with Crippen LogP contribution >= 0.6 is 11.8 Å². The molecule has 5 heteroatoms. The van der Waals surface area contributed by atoms with E-state index in [0.717, 1.165) is 5.75 Å². The number of rotatable bonds is 4. The van der Waals surface area contributed by atoms with Crippen LogP contribution in [0.3, 0.4) is 0 Å². The maximum absolute atomic E-state index is 5.41. The highest BCUT2D eigenvalue weighted by molar-refractivity contribution is 7.99. The van der Waals surface area contributed by atoms with Crippen LogP contribution in [0.4, 0.5) is 5.95 Å². The van der Waals surface area contributed by atoms with Crippen LogP contribution in [-0.4, -0.2) is 20.9 Å². The average Bonchev–Trinajstić information content (AvgIpc) is 2.72. The van der Waals surface area contributed by atoms with Gasteiger partial charge in [0.05, 0.1) is 0 Å². The molecule has 0 aliphatic heterocycles. The zero-order valence-corrected chi connectivity index (χ0v) is 9.45. The van der Waals surface area contributed by atoms with Gasteiger partial charge in [-0.25, -0.2) is 5.10 Å². The number of anilines is 1. The maximum atomic E-state index is 5.41. The minimum absolute atomic E-state index is 0.356. The van der Waals surface area contributed by atoms with Gasteiger partial charge in [-0.1, -0.05) is 54.2 Å². The zero-order chi connectivity index (χ0) is 11.2. The summed E-state index contributed by atoms with van der Waals surface area (Å²) in [7, 11) is 0. The van der Waals surface area contributed by atoms with Gasteiger partial charge in [-0.3, -0.25) is 0 Å². The van der Waals surface area contributed by atoms with Crippen LogP contribution in [0.5, 0.6) is 0 Å². The number of aromatic amines is 1. The molecule has 82 valence electrons. The average molecular weight is 232 g/mol. The smallest absolute Gasteiger partial charge is 0.216 e. The molecule has 0 unspecified atom stereocenters. The van der Waals surface area contributed by atoms with Crippen molar-refractivity contribution in [3.8, 4) is 0 Å². The van der Waals surface area contributed by atoms with Crippen molar-refractivity contribution in [2.45, 2.75) is 5.16 Å². The van der Waals surface area contributed by atoms with Gasteiger partial charge in [-0.05, 0) is 5.56 Å². The third-order valence-corrected chi connectivity index (χ3v) is 2.70. The lowest BCUT2D eigenvalue weighted by molar-refractivity contribution is 0.975. The predicted octanol–water partition coefficient (Wildman–Crippen LogP) is 2.19. The molecule has 0 amide bonds. The van der Waals surface area contributed by atoms with Crippen LogP contribution < -0.4 is 5.73 Å². The first kappa shape index (κ1) is 10.8. The fourth-order valence-electron chi connectivity index (χ4n) is 1.19. The summed E-state index contributed by atoms with van der Waals surface area (Å²) < 4.78 is 0. The number of hydrogen-bond acceptors (Lipinski definition) is 4. The van der Waals surface area contributed by atoms with E-state index in [1.807, 2.05) is 18.2 Å². The monoisotopic (exact) mass is 232 g/mol. The molecular formula is C11H12N4S. The van der Waals surface area contributed by atoms with Gasteiger partial charge >= 0.3 is 0 Å². The molecule has 0 aliphatic carbocycles. The molecule has 0 bridgehead atoms. The fourth-order valence-corrected chi connectivity index (χ4v) is 1.81. The van der Waals surface area contributed by atoms with Gasteiger partial charge in [0.25, 0.3) is 0 Å². The molecule has 1 aromatic heterocycles. The molecule has 0 fully saturated rings. The van der Waals surface area contributed by atoms with Gasteiger partial charge in [0.1, 0.15) is 0 Å². The molecule has 0 spiro atoms. The number of benzene rings is 1. The highest BCUT2D eigenvalue weighted by atomic mass is 32.2. The third kappa shape index (κ3) is 3.13. The summed E-state index contributed by atoms with van der Waals surface area (Å²) in [6, 6.07) is 10.2. The van der Waals surface area contributed by atoms with E-state index in [9.17, 15) is 0 Å². The predicted molar refractivity (Wildman–Crippen MR) is 67.0 cm³/mol. The summed E-state index contributed by atoms with van der Waals surface area (Å²) in [5, 5.41) is 7.20. The lowest BCUT2D eigenvalue weighted by Gasteiger charge is -1.91. The molecule has 0 aliphatic rings. The number of H-pyrrole nitrogens is 1. The van der Waals surface area contributed by atoms with Gasteiger partial charge in [-0.2, -0.15) is 4.98 Å². The highest BCUT2D eigenvalue weighted by Crippen LogP contribution is 2.13. The van der Waals surface area contributed by atoms with E-state index in [0.29, 0.717) is 11.1 Å². The molecule has 4 nitrogen and oxygen atoms in total. The highest BCUT2D eigenvalue weighted by Gasteiger charge is 1.97. The zero-order valence-electron chi connectivity index (χ0n) is 8.63. The van der Waals surface area contributed by atoms with Crippen LogP contribution in [0, 0.1) is 0 Å². The Bertz CT molecular complexity index is 464. The molecule has 2 aromatic rings. The molecule has 1 aromatic carbocycles. The van der Waals surface area contributed by atoms with E-state index in [1.54, 1.807) is 11.8 Å². The van der Waals surface area contributed by atoms with Crippen LogP contribution in [0.25, 0.3) is 6.08 Å².